The molecule has 1 saturated carbocycles. The number of fused-ring (bicyclic) bond motifs is 1. The Labute approximate surface area is 226 Å². The molecule has 8 nitrogen and oxygen atoms in total. The number of nitriles is 1. The fourth-order valence-electron chi connectivity index (χ4n) is 6.39. The van der Waals surface area contributed by atoms with Gasteiger partial charge in [0.05, 0.1) is 11.6 Å². The van der Waals surface area contributed by atoms with Gasteiger partial charge < -0.3 is 9.64 Å². The minimum absolute atomic E-state index is 0.0479. The first-order chi connectivity index (χ1) is 18.4. The second-order valence-electron chi connectivity index (χ2n) is 10.7. The largest absolute Gasteiger partial charge is 0.489 e. The minimum Gasteiger partial charge on any atom is -0.489 e. The number of likely N-dealkylation sites (tertiary alicyclic amines) is 1. The molecular weight excluding hydrogens is 504 g/mol. The van der Waals surface area contributed by atoms with Crippen molar-refractivity contribution in [3.8, 4) is 11.8 Å². The van der Waals surface area contributed by atoms with Gasteiger partial charge in [-0.2, -0.15) is 5.26 Å². The Morgan fingerprint density at radius 3 is 2.63 bits per heavy atom. The van der Waals surface area contributed by atoms with Crippen molar-refractivity contribution in [2.75, 3.05) is 13.1 Å². The van der Waals surface area contributed by atoms with Gasteiger partial charge in [0.1, 0.15) is 17.9 Å². The van der Waals surface area contributed by atoms with E-state index < -0.39 is 11.9 Å². The molecule has 4 aliphatic rings. The van der Waals surface area contributed by atoms with E-state index in [2.05, 4.69) is 16.3 Å². The lowest BCUT2D eigenvalue weighted by molar-refractivity contribution is -0.136. The molecule has 2 aromatic carbocycles. The molecule has 9 heteroatoms. The number of ether oxygens (including phenoxy) is 1. The maximum absolute atomic E-state index is 13.0. The van der Waals surface area contributed by atoms with Crippen LogP contribution >= 0.6 is 11.6 Å². The summed E-state index contributed by atoms with van der Waals surface area (Å²) in [5, 5.41) is 12.5. The highest BCUT2D eigenvalue weighted by Gasteiger charge is 2.41. The zero-order valence-corrected chi connectivity index (χ0v) is 21.7. The van der Waals surface area contributed by atoms with Crippen LogP contribution in [-0.4, -0.2) is 58.8 Å². The maximum atomic E-state index is 13.0. The van der Waals surface area contributed by atoms with Gasteiger partial charge in [0.2, 0.25) is 11.8 Å². The van der Waals surface area contributed by atoms with Crippen LogP contribution < -0.4 is 10.1 Å². The molecule has 2 aromatic rings. The number of nitrogens with zero attached hydrogens (tertiary/aromatic N) is 3. The highest BCUT2D eigenvalue weighted by molar-refractivity contribution is 6.30. The molecule has 0 bridgehead atoms. The van der Waals surface area contributed by atoms with E-state index in [1.807, 2.05) is 24.3 Å². The number of piperidine rings is 1. The van der Waals surface area contributed by atoms with E-state index in [1.165, 1.54) is 0 Å². The molecule has 2 saturated heterocycles. The molecule has 0 aromatic heterocycles. The van der Waals surface area contributed by atoms with E-state index in [-0.39, 0.29) is 24.3 Å². The smallest absolute Gasteiger partial charge is 0.255 e. The quantitative estimate of drug-likeness (QED) is 0.588. The van der Waals surface area contributed by atoms with Crippen LogP contribution in [0.1, 0.15) is 71.5 Å². The first-order valence-electron chi connectivity index (χ1n) is 13.3. The van der Waals surface area contributed by atoms with Crippen molar-refractivity contribution in [2.45, 2.75) is 69.2 Å². The predicted octanol–water partition coefficient (Wildman–Crippen LogP) is 3.76. The minimum atomic E-state index is -0.624. The molecule has 0 spiro atoms. The van der Waals surface area contributed by atoms with Crippen LogP contribution in [0.4, 0.5) is 0 Å². The highest BCUT2D eigenvalue weighted by atomic mass is 35.5. The molecule has 3 fully saturated rings. The Morgan fingerprint density at radius 1 is 1.03 bits per heavy atom. The number of carbonyl (C=O) groups is 3. The standard InChI is InChI=1S/C29H29ClN4O4/c30-20-5-7-22(17(11-20)13-31)19-14-33(15-19)24-3-1-2-4-26(24)38-21-6-8-23-18(12-21)16-34(29(23)37)25-9-10-27(35)32-28(25)36/h5-8,11-12,19,24-26H,1-4,9-10,14-16H2,(H,32,35,36)/t24-,25?,26+/m1/s1. The van der Waals surface area contributed by atoms with Gasteiger partial charge >= 0.3 is 0 Å². The summed E-state index contributed by atoms with van der Waals surface area (Å²) in [7, 11) is 0. The zero-order valence-electron chi connectivity index (χ0n) is 21.0. The number of nitrogens with one attached hydrogen (secondary N) is 1. The Kier molecular flexibility index (Phi) is 6.58. The average Bonchev–Trinajstić information content (AvgIpc) is 3.20. The molecule has 3 heterocycles. The fraction of sp³-hybridized carbons (Fsp3) is 0.448. The molecule has 38 heavy (non-hydrogen) atoms. The van der Waals surface area contributed by atoms with Gasteiger partial charge in [-0.15, -0.1) is 0 Å². The molecule has 6 rings (SSSR count). The number of benzene rings is 2. The summed E-state index contributed by atoms with van der Waals surface area (Å²) in [4.78, 5) is 40.9. The van der Waals surface area contributed by atoms with Crippen LogP contribution in [0.25, 0.3) is 0 Å². The number of hydrogen-bond donors (Lipinski definition) is 1. The second-order valence-corrected chi connectivity index (χ2v) is 11.2. The number of halogens is 1. The van der Waals surface area contributed by atoms with E-state index in [0.717, 1.165) is 55.6 Å². The Bertz CT molecular complexity index is 1350. The zero-order chi connectivity index (χ0) is 26.4. The van der Waals surface area contributed by atoms with Gasteiger partial charge in [-0.3, -0.25) is 24.6 Å². The van der Waals surface area contributed by atoms with Gasteiger partial charge in [-0.1, -0.05) is 24.1 Å². The van der Waals surface area contributed by atoms with E-state index in [1.54, 1.807) is 17.0 Å². The summed E-state index contributed by atoms with van der Waals surface area (Å²) in [5.74, 6) is 0.175. The lowest BCUT2D eigenvalue weighted by Crippen LogP contribution is -2.57. The topological polar surface area (TPSA) is 103 Å². The van der Waals surface area contributed by atoms with Crippen molar-refractivity contribution in [1.82, 2.24) is 15.1 Å². The summed E-state index contributed by atoms with van der Waals surface area (Å²) in [6.45, 7) is 2.11. The van der Waals surface area contributed by atoms with Crippen LogP contribution in [0, 0.1) is 11.3 Å². The Hall–Kier alpha value is -3.41. The Balaban J connectivity index is 1.12. The van der Waals surface area contributed by atoms with Crippen molar-refractivity contribution in [1.29, 1.82) is 5.26 Å². The van der Waals surface area contributed by atoms with Crippen molar-refractivity contribution < 1.29 is 19.1 Å². The van der Waals surface area contributed by atoms with Crippen LogP contribution in [0.15, 0.2) is 36.4 Å². The van der Waals surface area contributed by atoms with Crippen molar-refractivity contribution in [3.63, 3.8) is 0 Å². The lowest BCUT2D eigenvalue weighted by atomic mass is 9.83. The van der Waals surface area contributed by atoms with Gasteiger partial charge in [0.25, 0.3) is 5.91 Å². The van der Waals surface area contributed by atoms with Crippen LogP contribution in [-0.2, 0) is 16.1 Å². The first-order valence-corrected chi connectivity index (χ1v) is 13.7. The van der Waals surface area contributed by atoms with E-state index in [0.29, 0.717) is 41.1 Å². The van der Waals surface area contributed by atoms with E-state index in [4.69, 9.17) is 16.3 Å². The lowest BCUT2D eigenvalue weighted by Gasteiger charge is -2.48. The third-order valence-corrected chi connectivity index (χ3v) is 8.64. The van der Waals surface area contributed by atoms with Crippen LogP contribution in [0.5, 0.6) is 5.75 Å². The number of imide groups is 1. The SMILES string of the molecule is N#Cc1cc(Cl)ccc1C1CN([C@@H]2CCCC[C@@H]2Oc2ccc3c(c2)CN(C2CCC(=O)NC2=O)C3=O)C1. The molecule has 3 amide bonds. The van der Waals surface area contributed by atoms with Gasteiger partial charge in [0.15, 0.2) is 0 Å². The highest BCUT2D eigenvalue weighted by Crippen LogP contribution is 2.38. The second kappa shape index (κ2) is 10.0. The summed E-state index contributed by atoms with van der Waals surface area (Å²) in [6, 6.07) is 13.1. The molecule has 196 valence electrons. The Morgan fingerprint density at radius 2 is 1.84 bits per heavy atom. The first kappa shape index (κ1) is 24.9. The number of hydrogen-bond acceptors (Lipinski definition) is 6. The third kappa shape index (κ3) is 4.55. The maximum Gasteiger partial charge on any atom is 0.255 e. The normalized spacial score (nSPS) is 25.9. The fourth-order valence-corrected chi connectivity index (χ4v) is 6.56. The van der Waals surface area contributed by atoms with Crippen LogP contribution in [0.2, 0.25) is 5.02 Å². The summed E-state index contributed by atoms with van der Waals surface area (Å²) >= 11 is 6.08. The summed E-state index contributed by atoms with van der Waals surface area (Å²) in [6.07, 6.45) is 4.94. The predicted molar refractivity (Wildman–Crippen MR) is 140 cm³/mol. The van der Waals surface area contributed by atoms with Crippen molar-refractivity contribution >= 4 is 29.3 Å². The number of rotatable bonds is 5. The molecule has 1 unspecified atom stereocenters. The molecule has 0 radical (unpaired) electrons. The van der Waals surface area contributed by atoms with Crippen molar-refractivity contribution in [3.05, 3.63) is 63.7 Å². The average molecular weight is 533 g/mol. The molecule has 3 atom stereocenters. The molecular formula is C29H29ClN4O4. The van der Waals surface area contributed by atoms with Crippen LogP contribution in [0.3, 0.4) is 0 Å². The molecule has 1 N–H and O–H groups in total. The summed E-state index contributed by atoms with van der Waals surface area (Å²) < 4.78 is 6.54. The van der Waals surface area contributed by atoms with Crippen molar-refractivity contribution in [2.24, 2.45) is 0 Å². The molecule has 1 aliphatic carbocycles. The van der Waals surface area contributed by atoms with E-state index >= 15 is 0 Å². The van der Waals surface area contributed by atoms with Gasteiger partial charge in [0, 0.05) is 48.6 Å². The monoisotopic (exact) mass is 532 g/mol. The number of carbonyl (C=O) groups excluding carboxylic acids is 3. The van der Waals surface area contributed by atoms with Gasteiger partial charge in [-0.25, -0.2) is 0 Å². The van der Waals surface area contributed by atoms with E-state index in [9.17, 15) is 19.6 Å². The third-order valence-electron chi connectivity index (χ3n) is 8.40. The van der Waals surface area contributed by atoms with Gasteiger partial charge in [-0.05, 0) is 67.1 Å². The number of amides is 3. The molecule has 3 aliphatic heterocycles. The summed E-state index contributed by atoms with van der Waals surface area (Å²) in [5.41, 5.74) is 3.15.